The number of hydrogen-bond acceptors (Lipinski definition) is 1. The first-order valence-corrected chi connectivity index (χ1v) is 7.86. The van der Waals surface area contributed by atoms with E-state index in [1.165, 1.54) is 11.3 Å². The molecular formula is C19H23NO. The number of aromatic nitrogens is 1. The summed E-state index contributed by atoms with van der Waals surface area (Å²) < 4.78 is 2.34. The van der Waals surface area contributed by atoms with Gasteiger partial charge < -0.3 is 4.57 Å². The Kier molecular flexibility index (Phi) is 3.71. The number of ketones is 1. The first-order valence-electron chi connectivity index (χ1n) is 7.86. The Morgan fingerprint density at radius 2 is 1.86 bits per heavy atom. The Labute approximate surface area is 126 Å². The minimum atomic E-state index is 0.0427. The second-order valence-electron chi connectivity index (χ2n) is 6.62. The molecule has 110 valence electrons. The fourth-order valence-corrected chi connectivity index (χ4v) is 3.31. The molecule has 1 aliphatic carbocycles. The van der Waals surface area contributed by atoms with Crippen molar-refractivity contribution in [2.24, 2.45) is 0 Å². The summed E-state index contributed by atoms with van der Waals surface area (Å²) in [6.07, 6.45) is 6.98. The Morgan fingerprint density at radius 1 is 1.10 bits per heavy atom. The van der Waals surface area contributed by atoms with Crippen LogP contribution in [0.25, 0.3) is 0 Å². The minimum Gasteiger partial charge on any atom is -0.345 e. The van der Waals surface area contributed by atoms with Crippen LogP contribution in [0.4, 0.5) is 0 Å². The summed E-state index contributed by atoms with van der Waals surface area (Å²) in [5.74, 6) is 0.314. The molecule has 0 saturated carbocycles. The third-order valence-electron chi connectivity index (χ3n) is 4.63. The summed E-state index contributed by atoms with van der Waals surface area (Å²) in [7, 11) is 0. The molecule has 0 bridgehead atoms. The van der Waals surface area contributed by atoms with Crippen molar-refractivity contribution in [2.45, 2.75) is 51.5 Å². The van der Waals surface area contributed by atoms with Crippen LogP contribution in [0.2, 0.25) is 0 Å². The van der Waals surface area contributed by atoms with Gasteiger partial charge in [-0.2, -0.15) is 0 Å². The average molecular weight is 281 g/mol. The van der Waals surface area contributed by atoms with E-state index in [1.54, 1.807) is 0 Å². The molecule has 2 heteroatoms. The maximum absolute atomic E-state index is 12.0. The Morgan fingerprint density at radius 3 is 2.62 bits per heavy atom. The van der Waals surface area contributed by atoms with Crippen molar-refractivity contribution in [1.82, 2.24) is 4.57 Å². The highest BCUT2D eigenvalue weighted by Crippen LogP contribution is 2.30. The topological polar surface area (TPSA) is 22.0 Å². The van der Waals surface area contributed by atoms with Crippen LogP contribution < -0.4 is 0 Å². The molecular weight excluding hydrogens is 258 g/mol. The molecule has 1 aromatic carbocycles. The van der Waals surface area contributed by atoms with Gasteiger partial charge in [0.1, 0.15) is 0 Å². The van der Waals surface area contributed by atoms with Gasteiger partial charge in [-0.05, 0) is 51.2 Å². The zero-order valence-corrected chi connectivity index (χ0v) is 12.9. The molecule has 0 unspecified atom stereocenters. The standard InChI is InChI=1S/C19H23NO/c1-19(2,13-11-15-7-4-3-5-8-15)20-14-12-16-17(20)9-6-10-18(16)21/h3-5,7-8,12,14H,6,9-11,13H2,1-2H3. The third-order valence-corrected chi connectivity index (χ3v) is 4.63. The monoisotopic (exact) mass is 281 g/mol. The normalized spacial score (nSPS) is 15.0. The molecule has 3 rings (SSSR count). The average Bonchev–Trinajstić information content (AvgIpc) is 2.93. The molecule has 1 aromatic heterocycles. The molecule has 0 radical (unpaired) electrons. The van der Waals surface area contributed by atoms with Crippen LogP contribution in [0.5, 0.6) is 0 Å². The number of rotatable bonds is 4. The van der Waals surface area contributed by atoms with Gasteiger partial charge >= 0.3 is 0 Å². The van der Waals surface area contributed by atoms with Gasteiger partial charge in [-0.3, -0.25) is 4.79 Å². The molecule has 1 heterocycles. The molecule has 2 nitrogen and oxygen atoms in total. The summed E-state index contributed by atoms with van der Waals surface area (Å²) in [4.78, 5) is 12.0. The van der Waals surface area contributed by atoms with Crippen molar-refractivity contribution >= 4 is 5.78 Å². The summed E-state index contributed by atoms with van der Waals surface area (Å²) >= 11 is 0. The first-order chi connectivity index (χ1) is 10.1. The molecule has 0 fully saturated rings. The van der Waals surface area contributed by atoms with E-state index < -0.39 is 0 Å². The second-order valence-corrected chi connectivity index (χ2v) is 6.62. The Balaban J connectivity index is 1.80. The number of benzene rings is 1. The van der Waals surface area contributed by atoms with Gasteiger partial charge in [-0.1, -0.05) is 30.3 Å². The smallest absolute Gasteiger partial charge is 0.164 e. The molecule has 0 atom stereocenters. The van der Waals surface area contributed by atoms with Crippen molar-refractivity contribution in [3.05, 3.63) is 59.4 Å². The van der Waals surface area contributed by atoms with Crippen molar-refractivity contribution < 1.29 is 4.79 Å². The van der Waals surface area contributed by atoms with Crippen molar-refractivity contribution in [2.75, 3.05) is 0 Å². The van der Waals surface area contributed by atoms with Crippen LogP contribution in [0.15, 0.2) is 42.6 Å². The van der Waals surface area contributed by atoms with E-state index in [1.807, 2.05) is 6.07 Å². The zero-order chi connectivity index (χ0) is 14.9. The predicted molar refractivity (Wildman–Crippen MR) is 85.8 cm³/mol. The lowest BCUT2D eigenvalue weighted by molar-refractivity contribution is 0.0971. The van der Waals surface area contributed by atoms with Gasteiger partial charge in [0.05, 0.1) is 0 Å². The molecule has 21 heavy (non-hydrogen) atoms. The lowest BCUT2D eigenvalue weighted by Crippen LogP contribution is -2.29. The SMILES string of the molecule is CC(C)(CCc1ccccc1)n1ccc2c1CCCC2=O. The van der Waals surface area contributed by atoms with Crippen molar-refractivity contribution in [1.29, 1.82) is 0 Å². The van der Waals surface area contributed by atoms with Crippen molar-refractivity contribution in [3.8, 4) is 0 Å². The first kappa shape index (κ1) is 14.1. The van der Waals surface area contributed by atoms with E-state index >= 15 is 0 Å². The van der Waals surface area contributed by atoms with E-state index in [0.717, 1.165) is 31.2 Å². The van der Waals surface area contributed by atoms with E-state index in [9.17, 15) is 4.79 Å². The van der Waals surface area contributed by atoms with Gasteiger partial charge in [0.25, 0.3) is 0 Å². The van der Waals surface area contributed by atoms with Crippen LogP contribution in [0.1, 0.15) is 54.7 Å². The number of Topliss-reactive ketones (excluding diaryl/α,β-unsaturated/α-hetero) is 1. The third kappa shape index (κ3) is 2.80. The van der Waals surface area contributed by atoms with Gasteiger partial charge in [0.2, 0.25) is 0 Å². The number of aryl methyl sites for hydroxylation is 1. The lowest BCUT2D eigenvalue weighted by Gasteiger charge is -2.31. The van der Waals surface area contributed by atoms with Gasteiger partial charge in [0, 0.05) is 29.4 Å². The molecule has 0 saturated heterocycles. The molecule has 0 amide bonds. The summed E-state index contributed by atoms with van der Waals surface area (Å²) in [5.41, 5.74) is 3.61. The molecule has 1 aliphatic rings. The minimum absolute atomic E-state index is 0.0427. The molecule has 0 aliphatic heterocycles. The number of nitrogens with zero attached hydrogens (tertiary/aromatic N) is 1. The number of fused-ring (bicyclic) bond motifs is 1. The largest absolute Gasteiger partial charge is 0.345 e. The van der Waals surface area contributed by atoms with Gasteiger partial charge in [-0.25, -0.2) is 0 Å². The number of carbonyl (C=O) groups is 1. The summed E-state index contributed by atoms with van der Waals surface area (Å²) in [5, 5.41) is 0. The van der Waals surface area contributed by atoms with Crippen LogP contribution in [0.3, 0.4) is 0 Å². The number of hydrogen-bond donors (Lipinski definition) is 0. The molecule has 2 aromatic rings. The maximum atomic E-state index is 12.0. The van der Waals surface area contributed by atoms with E-state index in [0.29, 0.717) is 12.2 Å². The predicted octanol–water partition coefficient (Wildman–Crippen LogP) is 4.38. The Hall–Kier alpha value is -1.83. The second kappa shape index (κ2) is 5.51. The van der Waals surface area contributed by atoms with E-state index in [2.05, 4.69) is 54.9 Å². The van der Waals surface area contributed by atoms with E-state index in [4.69, 9.17) is 0 Å². The van der Waals surface area contributed by atoms with Crippen LogP contribution >= 0.6 is 0 Å². The van der Waals surface area contributed by atoms with Crippen LogP contribution in [-0.2, 0) is 18.4 Å². The van der Waals surface area contributed by atoms with E-state index in [-0.39, 0.29) is 5.54 Å². The quantitative estimate of drug-likeness (QED) is 0.815. The lowest BCUT2D eigenvalue weighted by atomic mass is 9.92. The highest BCUT2D eigenvalue weighted by Gasteiger charge is 2.27. The Bertz CT molecular complexity index is 637. The summed E-state index contributed by atoms with van der Waals surface area (Å²) in [6, 6.07) is 12.6. The van der Waals surface area contributed by atoms with Gasteiger partial charge in [0.15, 0.2) is 5.78 Å². The number of carbonyl (C=O) groups excluding carboxylic acids is 1. The highest BCUT2D eigenvalue weighted by atomic mass is 16.1. The molecule has 0 N–H and O–H groups in total. The fraction of sp³-hybridized carbons (Fsp3) is 0.421. The highest BCUT2D eigenvalue weighted by molar-refractivity contribution is 5.98. The van der Waals surface area contributed by atoms with Gasteiger partial charge in [-0.15, -0.1) is 0 Å². The fourth-order valence-electron chi connectivity index (χ4n) is 3.31. The molecule has 0 spiro atoms. The van der Waals surface area contributed by atoms with Crippen molar-refractivity contribution in [3.63, 3.8) is 0 Å². The summed E-state index contributed by atoms with van der Waals surface area (Å²) in [6.45, 7) is 4.55. The zero-order valence-electron chi connectivity index (χ0n) is 12.9. The van der Waals surface area contributed by atoms with Crippen LogP contribution in [0, 0.1) is 0 Å². The van der Waals surface area contributed by atoms with Crippen LogP contribution in [-0.4, -0.2) is 10.4 Å². The maximum Gasteiger partial charge on any atom is 0.164 e.